The Kier molecular flexibility index (Phi) is 8.42. The van der Waals surface area contributed by atoms with Crippen LogP contribution in [0, 0.1) is 24.0 Å². The second-order valence-corrected chi connectivity index (χ2v) is 11.5. The van der Waals surface area contributed by atoms with E-state index in [1.165, 1.54) is 30.5 Å². The highest BCUT2D eigenvalue weighted by Gasteiger charge is 2.45. The van der Waals surface area contributed by atoms with Gasteiger partial charge in [0.1, 0.15) is 35.2 Å². The molecule has 234 valence electrons. The predicted octanol–water partition coefficient (Wildman–Crippen LogP) is 5.17. The molecule has 3 aliphatic heterocycles. The maximum absolute atomic E-state index is 16.6. The van der Waals surface area contributed by atoms with Gasteiger partial charge in [-0.3, -0.25) is 14.7 Å². The number of fused-ring (bicyclic) bond motifs is 3. The van der Waals surface area contributed by atoms with Crippen molar-refractivity contribution in [2.45, 2.75) is 51.5 Å². The number of ether oxygens (including phenoxy) is 1. The van der Waals surface area contributed by atoms with E-state index in [0.717, 1.165) is 38.8 Å². The highest BCUT2D eigenvalue weighted by Crippen LogP contribution is 2.41. The summed E-state index contributed by atoms with van der Waals surface area (Å²) in [6.45, 7) is 7.49. The summed E-state index contributed by atoms with van der Waals surface area (Å²) in [6, 6.07) is 5.43. The Hall–Kier alpha value is -4.56. The van der Waals surface area contributed by atoms with Crippen molar-refractivity contribution < 1.29 is 23.4 Å². The molecule has 0 radical (unpaired) electrons. The molecule has 3 fully saturated rings. The van der Waals surface area contributed by atoms with Gasteiger partial charge in [0, 0.05) is 30.2 Å². The molecule has 45 heavy (non-hydrogen) atoms. The number of anilines is 1. The zero-order valence-electron chi connectivity index (χ0n) is 25.5. The fraction of sp³-hybridized carbons (Fsp3) is 0.412. The summed E-state index contributed by atoms with van der Waals surface area (Å²) in [5, 5.41) is 14.3. The Morgan fingerprint density at radius 2 is 1.89 bits per heavy atom. The number of rotatable bonds is 5. The maximum atomic E-state index is 16.6. The number of halogens is 2. The number of carbonyl (C=O) groups excluding carboxylic acids is 1. The fourth-order valence-corrected chi connectivity index (χ4v) is 6.91. The maximum Gasteiger partial charge on any atom is 0.319 e. The predicted molar refractivity (Wildman–Crippen MR) is 169 cm³/mol. The molecule has 1 amide bonds. The molecule has 0 saturated carbocycles. The second-order valence-electron chi connectivity index (χ2n) is 11.5. The molecular formula is C34H36F2N6O3. The lowest BCUT2D eigenvalue weighted by atomic mass is 9.95. The second kappa shape index (κ2) is 12.4. The monoisotopic (exact) mass is 614 g/mol. The summed E-state index contributed by atoms with van der Waals surface area (Å²) in [5.74, 6) is 0.936. The van der Waals surface area contributed by atoms with Gasteiger partial charge in [-0.05, 0) is 68.8 Å². The van der Waals surface area contributed by atoms with Gasteiger partial charge >= 0.3 is 6.01 Å². The highest BCUT2D eigenvalue weighted by molar-refractivity contribution is 6.03. The number of phenolic OH excluding ortho intramolecular Hbond substituents is 1. The molecule has 2 aromatic heterocycles. The van der Waals surface area contributed by atoms with Gasteiger partial charge in [-0.1, -0.05) is 25.8 Å². The van der Waals surface area contributed by atoms with E-state index in [1.807, 2.05) is 13.8 Å². The van der Waals surface area contributed by atoms with Crippen LogP contribution in [-0.4, -0.2) is 75.7 Å². The van der Waals surface area contributed by atoms with Gasteiger partial charge in [-0.25, -0.2) is 8.78 Å². The average molecular weight is 615 g/mol. The quantitative estimate of drug-likeness (QED) is 0.297. The minimum absolute atomic E-state index is 0.00690. The zero-order chi connectivity index (χ0) is 31.7. The zero-order valence-corrected chi connectivity index (χ0v) is 25.5. The summed E-state index contributed by atoms with van der Waals surface area (Å²) >= 11 is 0. The Morgan fingerprint density at radius 1 is 1.11 bits per heavy atom. The van der Waals surface area contributed by atoms with Crippen LogP contribution in [0.4, 0.5) is 14.6 Å². The molecule has 2 aromatic carbocycles. The Labute approximate surface area is 260 Å². The Balaban J connectivity index is 0.00000175. The van der Waals surface area contributed by atoms with E-state index >= 15 is 4.39 Å². The Bertz CT molecular complexity index is 1810. The molecule has 0 bridgehead atoms. The van der Waals surface area contributed by atoms with Crippen molar-refractivity contribution in [3.63, 3.8) is 0 Å². The van der Waals surface area contributed by atoms with E-state index < -0.39 is 11.6 Å². The molecule has 0 spiro atoms. The number of nitrogens with one attached hydrogen (secondary N) is 1. The molecule has 3 saturated heterocycles. The topological polar surface area (TPSA) is 104 Å². The number of nitrogens with zero attached hydrogens (tertiary/aromatic N) is 5. The third-order valence-electron chi connectivity index (χ3n) is 8.94. The minimum Gasteiger partial charge on any atom is -0.508 e. The molecule has 2 N–H and O–H groups in total. The minimum atomic E-state index is -0.800. The lowest BCUT2D eigenvalue weighted by molar-refractivity contribution is -0.119. The molecule has 11 heteroatoms. The van der Waals surface area contributed by atoms with Crippen LogP contribution in [0.5, 0.6) is 11.8 Å². The average Bonchev–Trinajstić information content (AvgIpc) is 3.55. The number of aromatic hydroxyl groups is 1. The van der Waals surface area contributed by atoms with Crippen LogP contribution < -0.4 is 15.0 Å². The van der Waals surface area contributed by atoms with E-state index in [-0.39, 0.29) is 57.5 Å². The SMILES string of the molecule is C#Cc1c(F)ccc2cc(O)cc(-c3ncc4c(N5CCCNC(=O)C5)nc(OCC56CCCN5CCC6)nc4c3F)c12.CC. The van der Waals surface area contributed by atoms with Gasteiger partial charge in [-0.15, -0.1) is 6.42 Å². The van der Waals surface area contributed by atoms with Crippen molar-refractivity contribution in [2.75, 3.05) is 44.2 Å². The standard InChI is InChI=1S/C32H30F2N6O3.C2H6/c1-2-21-24(33)7-6-19-14-20(41)15-22(26(19)21)28-27(34)29-23(16-36-28)30(39-11-5-10-35-25(42)17-39)38-31(37-29)43-18-32-8-3-12-40(32)13-4-9-32;1-2/h1,6-7,14-16,41H,3-5,8-13,17-18H2,(H,35,42);1-2H3. The summed E-state index contributed by atoms with van der Waals surface area (Å²) in [4.78, 5) is 30.3. The van der Waals surface area contributed by atoms with E-state index in [0.29, 0.717) is 42.7 Å². The smallest absolute Gasteiger partial charge is 0.319 e. The van der Waals surface area contributed by atoms with Crippen molar-refractivity contribution in [3.8, 4) is 35.4 Å². The number of phenols is 1. The van der Waals surface area contributed by atoms with Gasteiger partial charge in [0.15, 0.2) is 5.82 Å². The molecule has 9 nitrogen and oxygen atoms in total. The number of pyridine rings is 1. The first-order valence-corrected chi connectivity index (χ1v) is 15.5. The highest BCUT2D eigenvalue weighted by atomic mass is 19.1. The van der Waals surface area contributed by atoms with Crippen LogP contribution in [-0.2, 0) is 4.79 Å². The molecule has 0 unspecified atom stereocenters. The number of hydrogen-bond acceptors (Lipinski definition) is 8. The van der Waals surface area contributed by atoms with Crippen molar-refractivity contribution in [1.82, 2.24) is 25.2 Å². The molecule has 4 aromatic rings. The van der Waals surface area contributed by atoms with Crippen molar-refractivity contribution in [1.29, 1.82) is 0 Å². The molecule has 7 rings (SSSR count). The fourth-order valence-electron chi connectivity index (χ4n) is 6.91. The van der Waals surface area contributed by atoms with E-state index in [9.17, 15) is 14.3 Å². The summed E-state index contributed by atoms with van der Waals surface area (Å²) < 4.78 is 37.6. The number of aromatic nitrogens is 3. The molecular weight excluding hydrogens is 578 g/mol. The largest absolute Gasteiger partial charge is 0.508 e. The Morgan fingerprint density at radius 3 is 2.64 bits per heavy atom. The number of amides is 1. The number of hydrogen-bond donors (Lipinski definition) is 2. The number of benzene rings is 2. The summed E-state index contributed by atoms with van der Waals surface area (Å²) in [7, 11) is 0. The first kappa shape index (κ1) is 30.5. The third-order valence-corrected chi connectivity index (χ3v) is 8.94. The lowest BCUT2D eigenvalue weighted by Gasteiger charge is -2.31. The normalized spacial score (nSPS) is 17.8. The number of terminal acetylenes is 1. The van der Waals surface area contributed by atoms with Gasteiger partial charge in [-0.2, -0.15) is 9.97 Å². The summed E-state index contributed by atoms with van der Waals surface area (Å²) in [6.07, 6.45) is 12.0. The molecule has 5 heterocycles. The van der Waals surface area contributed by atoms with Crippen molar-refractivity contribution >= 4 is 33.4 Å². The van der Waals surface area contributed by atoms with E-state index in [2.05, 4.69) is 26.1 Å². The van der Waals surface area contributed by atoms with Crippen LogP contribution in [0.25, 0.3) is 32.9 Å². The van der Waals surface area contributed by atoms with Crippen LogP contribution in [0.3, 0.4) is 0 Å². The first-order chi connectivity index (χ1) is 21.9. The van der Waals surface area contributed by atoms with Gasteiger partial charge in [0.2, 0.25) is 5.91 Å². The number of carbonyl (C=O) groups is 1. The summed E-state index contributed by atoms with van der Waals surface area (Å²) in [5.41, 5.74) is -0.231. The van der Waals surface area contributed by atoms with Gasteiger partial charge in [0.25, 0.3) is 0 Å². The third kappa shape index (κ3) is 5.48. The van der Waals surface area contributed by atoms with Crippen molar-refractivity contribution in [2.24, 2.45) is 0 Å². The molecule has 0 atom stereocenters. The van der Waals surface area contributed by atoms with Gasteiger partial charge in [0.05, 0.1) is 23.0 Å². The van der Waals surface area contributed by atoms with Crippen molar-refractivity contribution in [3.05, 3.63) is 47.7 Å². The lowest BCUT2D eigenvalue weighted by Crippen LogP contribution is -2.43. The van der Waals surface area contributed by atoms with E-state index in [1.54, 1.807) is 4.90 Å². The van der Waals surface area contributed by atoms with Crippen LogP contribution >= 0.6 is 0 Å². The van der Waals surface area contributed by atoms with Gasteiger partial charge < -0.3 is 20.1 Å². The van der Waals surface area contributed by atoms with Crippen LogP contribution in [0.1, 0.15) is 51.5 Å². The molecule has 0 aliphatic carbocycles. The first-order valence-electron chi connectivity index (χ1n) is 15.5. The molecule has 3 aliphatic rings. The van der Waals surface area contributed by atoms with Crippen LogP contribution in [0.2, 0.25) is 0 Å². The van der Waals surface area contributed by atoms with Crippen LogP contribution in [0.15, 0.2) is 30.5 Å². The van der Waals surface area contributed by atoms with E-state index in [4.69, 9.17) is 16.1 Å².